The maximum atomic E-state index is 12.6. The number of hydrogen-bond acceptors (Lipinski definition) is 3. The number of benzene rings is 3. The lowest BCUT2D eigenvalue weighted by atomic mass is 9.88. The Morgan fingerprint density at radius 1 is 1.03 bits per heavy atom. The Bertz CT molecular complexity index is 991. The Balaban J connectivity index is 1.42. The highest BCUT2D eigenvalue weighted by molar-refractivity contribution is 6.31. The van der Waals surface area contributed by atoms with Gasteiger partial charge in [0.25, 0.3) is 0 Å². The summed E-state index contributed by atoms with van der Waals surface area (Å²) in [6.45, 7) is 0.219. The number of nitrogens with one attached hydrogen (secondary N) is 2. The lowest BCUT2D eigenvalue weighted by molar-refractivity contribution is -0.115. The number of hydrogen-bond donors (Lipinski definition) is 2. The van der Waals surface area contributed by atoms with Gasteiger partial charge < -0.3 is 15.4 Å². The summed E-state index contributed by atoms with van der Waals surface area (Å²) in [5, 5.41) is 6.86. The van der Waals surface area contributed by atoms with Crippen molar-refractivity contribution in [2.75, 3.05) is 11.9 Å². The molecular weight excluding hydrogens is 384 g/mol. The molecule has 0 radical (unpaired) electrons. The van der Waals surface area contributed by atoms with E-state index in [1.807, 2.05) is 30.3 Å². The van der Waals surface area contributed by atoms with Gasteiger partial charge in [-0.25, -0.2) is 0 Å². The van der Waals surface area contributed by atoms with Gasteiger partial charge in [-0.3, -0.25) is 4.79 Å². The fourth-order valence-electron chi connectivity index (χ4n) is 3.68. The van der Waals surface area contributed by atoms with E-state index in [0.717, 1.165) is 19.3 Å². The summed E-state index contributed by atoms with van der Waals surface area (Å²) in [5.41, 5.74) is 3.21. The van der Waals surface area contributed by atoms with E-state index in [0.29, 0.717) is 22.2 Å². The van der Waals surface area contributed by atoms with E-state index >= 15 is 0 Å². The van der Waals surface area contributed by atoms with E-state index < -0.39 is 0 Å². The van der Waals surface area contributed by atoms with Gasteiger partial charge in [0.15, 0.2) is 5.75 Å². The molecule has 0 saturated carbocycles. The molecule has 1 amide bonds. The lowest BCUT2D eigenvalue weighted by Crippen LogP contribution is -2.33. The molecule has 0 spiro atoms. The number of carbonyl (C=O) groups excluding carboxylic acids is 1. The Hall–Kier alpha value is -2.82. The van der Waals surface area contributed by atoms with Crippen LogP contribution >= 0.6 is 11.6 Å². The summed E-state index contributed by atoms with van der Waals surface area (Å²) in [7, 11) is 0. The quantitative estimate of drug-likeness (QED) is 0.549. The van der Waals surface area contributed by atoms with Crippen LogP contribution in [0.4, 0.5) is 5.69 Å². The van der Waals surface area contributed by atoms with Gasteiger partial charge in [0.2, 0.25) is 5.91 Å². The molecule has 0 bridgehead atoms. The number of rotatable bonds is 6. The minimum absolute atomic E-state index is 0.131. The lowest BCUT2D eigenvalue weighted by Gasteiger charge is -2.26. The normalized spacial score (nSPS) is 15.4. The molecule has 4 nitrogen and oxygen atoms in total. The molecular formula is C24H23ClN2O2. The Morgan fingerprint density at radius 3 is 2.69 bits per heavy atom. The summed E-state index contributed by atoms with van der Waals surface area (Å²) in [5.74, 6) is 1.12. The number of carbonyl (C=O) groups is 1. The van der Waals surface area contributed by atoms with Gasteiger partial charge in [-0.15, -0.1) is 0 Å². The molecule has 5 heteroatoms. The van der Waals surface area contributed by atoms with Gasteiger partial charge >= 0.3 is 0 Å². The third kappa shape index (κ3) is 4.97. The van der Waals surface area contributed by atoms with Crippen LogP contribution in [0, 0.1) is 0 Å². The molecule has 0 saturated heterocycles. The zero-order valence-corrected chi connectivity index (χ0v) is 16.8. The van der Waals surface area contributed by atoms with E-state index in [-0.39, 0.29) is 18.5 Å². The molecule has 29 heavy (non-hydrogen) atoms. The molecule has 1 aliphatic rings. The van der Waals surface area contributed by atoms with Crippen LogP contribution < -0.4 is 15.4 Å². The predicted molar refractivity (Wildman–Crippen MR) is 117 cm³/mol. The minimum Gasteiger partial charge on any atom is -0.455 e. The summed E-state index contributed by atoms with van der Waals surface area (Å²) in [4.78, 5) is 12.6. The average Bonchev–Trinajstić information content (AvgIpc) is 2.75. The molecule has 4 rings (SSSR count). The van der Waals surface area contributed by atoms with Crippen molar-refractivity contribution in [1.29, 1.82) is 0 Å². The highest BCUT2D eigenvalue weighted by Crippen LogP contribution is 2.32. The number of anilines is 1. The molecule has 148 valence electrons. The maximum Gasteiger partial charge on any atom is 0.238 e. The van der Waals surface area contributed by atoms with Gasteiger partial charge in [-0.1, -0.05) is 54.1 Å². The van der Waals surface area contributed by atoms with Crippen LogP contribution in [0.1, 0.15) is 30.0 Å². The van der Waals surface area contributed by atoms with Crippen molar-refractivity contribution in [3.63, 3.8) is 0 Å². The molecule has 1 aliphatic carbocycles. The van der Waals surface area contributed by atoms with Crippen LogP contribution in [-0.4, -0.2) is 12.5 Å². The standard InChI is InChI=1S/C24H23ClN2O2/c25-18-13-14-23(29-19-9-2-1-3-10-19)22(15-18)27-24(28)16-26-21-12-6-8-17-7-4-5-11-20(17)21/h1-5,7,9-11,13-15,21,26H,6,8,12,16H2,(H,27,28)/t21-/m1/s1. The van der Waals surface area contributed by atoms with Gasteiger partial charge in [0, 0.05) is 11.1 Å². The Kier molecular flexibility index (Phi) is 6.13. The van der Waals surface area contributed by atoms with Crippen molar-refractivity contribution in [3.8, 4) is 11.5 Å². The molecule has 3 aromatic carbocycles. The molecule has 2 N–H and O–H groups in total. The van der Waals surface area contributed by atoms with Crippen molar-refractivity contribution in [2.24, 2.45) is 0 Å². The van der Waals surface area contributed by atoms with Crippen molar-refractivity contribution < 1.29 is 9.53 Å². The van der Waals surface area contributed by atoms with Crippen LogP contribution in [0.15, 0.2) is 72.8 Å². The van der Waals surface area contributed by atoms with E-state index in [1.165, 1.54) is 11.1 Å². The van der Waals surface area contributed by atoms with Crippen LogP contribution in [-0.2, 0) is 11.2 Å². The average molecular weight is 407 g/mol. The van der Waals surface area contributed by atoms with Gasteiger partial charge in [0.05, 0.1) is 12.2 Å². The van der Waals surface area contributed by atoms with Crippen molar-refractivity contribution in [1.82, 2.24) is 5.32 Å². The van der Waals surface area contributed by atoms with Gasteiger partial charge in [-0.2, -0.15) is 0 Å². The minimum atomic E-state index is -0.131. The van der Waals surface area contributed by atoms with Gasteiger partial charge in [-0.05, 0) is 60.7 Å². The largest absolute Gasteiger partial charge is 0.455 e. The highest BCUT2D eigenvalue weighted by atomic mass is 35.5. The van der Waals surface area contributed by atoms with Crippen LogP contribution in [0.25, 0.3) is 0 Å². The zero-order valence-electron chi connectivity index (χ0n) is 16.0. The molecule has 3 aromatic rings. The number of ether oxygens (including phenoxy) is 1. The fraction of sp³-hybridized carbons (Fsp3) is 0.208. The molecule has 1 atom stereocenters. The van der Waals surface area contributed by atoms with Crippen molar-refractivity contribution in [3.05, 3.63) is 88.9 Å². The number of amides is 1. The van der Waals surface area contributed by atoms with Crippen LogP contribution in [0.3, 0.4) is 0 Å². The molecule has 0 heterocycles. The first-order valence-electron chi connectivity index (χ1n) is 9.82. The first kappa shape index (κ1) is 19.5. The second-order valence-corrected chi connectivity index (χ2v) is 7.56. The molecule has 0 aliphatic heterocycles. The predicted octanol–water partition coefficient (Wildman–Crippen LogP) is 5.74. The van der Waals surface area contributed by atoms with E-state index in [2.05, 4.69) is 34.9 Å². The summed E-state index contributed by atoms with van der Waals surface area (Å²) in [6.07, 6.45) is 3.26. The van der Waals surface area contributed by atoms with E-state index in [4.69, 9.17) is 16.3 Å². The third-order valence-electron chi connectivity index (χ3n) is 5.07. The third-order valence-corrected chi connectivity index (χ3v) is 5.30. The SMILES string of the molecule is O=C(CN[C@@H]1CCCc2ccccc21)Nc1cc(Cl)ccc1Oc1ccccc1. The monoisotopic (exact) mass is 406 g/mol. The zero-order chi connectivity index (χ0) is 20.1. The first-order valence-corrected chi connectivity index (χ1v) is 10.2. The summed E-state index contributed by atoms with van der Waals surface area (Å²) >= 11 is 6.14. The fourth-order valence-corrected chi connectivity index (χ4v) is 3.85. The Labute approximate surface area is 175 Å². The number of para-hydroxylation sites is 1. The van der Waals surface area contributed by atoms with Gasteiger partial charge in [0.1, 0.15) is 5.75 Å². The number of aryl methyl sites for hydroxylation is 1. The highest BCUT2D eigenvalue weighted by Gasteiger charge is 2.20. The van der Waals surface area contributed by atoms with Crippen molar-refractivity contribution in [2.45, 2.75) is 25.3 Å². The second kappa shape index (κ2) is 9.12. The molecule has 0 fully saturated rings. The smallest absolute Gasteiger partial charge is 0.238 e. The van der Waals surface area contributed by atoms with Crippen LogP contribution in [0.2, 0.25) is 5.02 Å². The Morgan fingerprint density at radius 2 is 1.83 bits per heavy atom. The maximum absolute atomic E-state index is 12.6. The summed E-state index contributed by atoms with van der Waals surface area (Å²) in [6, 6.07) is 23.3. The van der Waals surface area contributed by atoms with Crippen molar-refractivity contribution >= 4 is 23.2 Å². The molecule has 0 unspecified atom stereocenters. The van der Waals surface area contributed by atoms with E-state index in [1.54, 1.807) is 18.2 Å². The summed E-state index contributed by atoms with van der Waals surface area (Å²) < 4.78 is 5.91. The topological polar surface area (TPSA) is 50.4 Å². The number of halogens is 1. The second-order valence-electron chi connectivity index (χ2n) is 7.13. The molecule has 0 aromatic heterocycles. The van der Waals surface area contributed by atoms with Crippen LogP contribution in [0.5, 0.6) is 11.5 Å². The van der Waals surface area contributed by atoms with E-state index in [9.17, 15) is 4.79 Å². The number of fused-ring (bicyclic) bond motifs is 1. The first-order chi connectivity index (χ1) is 14.2.